The molecule has 2 aromatic rings. The molecule has 3 rings (SSSR count). The molecule has 0 saturated carbocycles. The monoisotopic (exact) mass is 416 g/mol. The minimum Gasteiger partial charge on any atom is -0.486 e. The van der Waals surface area contributed by atoms with E-state index in [9.17, 15) is 9.59 Å². The van der Waals surface area contributed by atoms with Crippen molar-refractivity contribution in [1.29, 1.82) is 0 Å². The molecule has 0 aromatic heterocycles. The number of hydrogen-bond donors (Lipinski definition) is 1. The number of benzene rings is 2. The summed E-state index contributed by atoms with van der Waals surface area (Å²) < 4.78 is 11.1. The highest BCUT2D eigenvalue weighted by molar-refractivity contribution is 6.31. The molecular formula is C22H25ClN2O4. The van der Waals surface area contributed by atoms with Crippen LogP contribution in [0, 0.1) is 6.92 Å². The molecule has 154 valence electrons. The van der Waals surface area contributed by atoms with Crippen LogP contribution in [-0.4, -0.2) is 37.1 Å². The normalized spacial score (nSPS) is 13.0. The Balaban J connectivity index is 1.94. The highest BCUT2D eigenvalue weighted by atomic mass is 35.5. The molecule has 0 saturated heterocycles. The molecule has 6 nitrogen and oxygen atoms in total. The zero-order chi connectivity index (χ0) is 21.2. The number of nitrogens with one attached hydrogen (secondary N) is 1. The van der Waals surface area contributed by atoms with Gasteiger partial charge in [0.2, 0.25) is 5.91 Å². The Morgan fingerprint density at radius 3 is 2.41 bits per heavy atom. The third-order valence-electron chi connectivity index (χ3n) is 4.32. The van der Waals surface area contributed by atoms with Crippen LogP contribution in [0.25, 0.3) is 0 Å². The van der Waals surface area contributed by atoms with E-state index in [0.29, 0.717) is 41.0 Å². The minimum atomic E-state index is -0.409. The second-order valence-corrected chi connectivity index (χ2v) is 8.39. The van der Waals surface area contributed by atoms with Crippen LogP contribution < -0.4 is 19.7 Å². The van der Waals surface area contributed by atoms with Crippen molar-refractivity contribution in [3.05, 3.63) is 52.5 Å². The number of carbonyl (C=O) groups is 2. The zero-order valence-electron chi connectivity index (χ0n) is 17.0. The van der Waals surface area contributed by atoms with Crippen LogP contribution in [0.3, 0.4) is 0 Å². The van der Waals surface area contributed by atoms with Gasteiger partial charge in [0.15, 0.2) is 11.5 Å². The van der Waals surface area contributed by atoms with Crippen LogP contribution in [-0.2, 0) is 4.79 Å². The first-order chi connectivity index (χ1) is 13.6. The lowest BCUT2D eigenvalue weighted by molar-refractivity contribution is -0.121. The van der Waals surface area contributed by atoms with E-state index >= 15 is 0 Å². The number of nitrogens with zero attached hydrogens (tertiary/aromatic N) is 1. The molecule has 2 aromatic carbocycles. The summed E-state index contributed by atoms with van der Waals surface area (Å²) >= 11 is 6.27. The number of carbonyl (C=O) groups excluding carboxylic acids is 2. The van der Waals surface area contributed by atoms with Crippen molar-refractivity contribution in [3.8, 4) is 11.5 Å². The molecule has 0 unspecified atom stereocenters. The Morgan fingerprint density at radius 1 is 1.07 bits per heavy atom. The summed E-state index contributed by atoms with van der Waals surface area (Å²) in [7, 11) is 0. The first-order valence-electron chi connectivity index (χ1n) is 9.43. The third-order valence-corrected chi connectivity index (χ3v) is 4.72. The van der Waals surface area contributed by atoms with Crippen LogP contribution in [0.5, 0.6) is 11.5 Å². The van der Waals surface area contributed by atoms with E-state index in [1.807, 2.05) is 33.8 Å². The Morgan fingerprint density at radius 2 is 1.76 bits per heavy atom. The van der Waals surface area contributed by atoms with Gasteiger partial charge in [-0.05, 0) is 63.6 Å². The van der Waals surface area contributed by atoms with E-state index in [-0.39, 0.29) is 18.4 Å². The van der Waals surface area contributed by atoms with Gasteiger partial charge in [-0.25, -0.2) is 0 Å². The molecule has 7 heteroatoms. The van der Waals surface area contributed by atoms with Crippen molar-refractivity contribution in [1.82, 2.24) is 5.32 Å². The molecule has 29 heavy (non-hydrogen) atoms. The lowest BCUT2D eigenvalue weighted by atomic mass is 10.1. The van der Waals surface area contributed by atoms with Gasteiger partial charge in [-0.15, -0.1) is 0 Å². The Kier molecular flexibility index (Phi) is 6.03. The van der Waals surface area contributed by atoms with Gasteiger partial charge in [0, 0.05) is 21.8 Å². The largest absolute Gasteiger partial charge is 0.486 e. The first-order valence-corrected chi connectivity index (χ1v) is 9.80. The Labute approximate surface area is 175 Å². The lowest BCUT2D eigenvalue weighted by Gasteiger charge is -2.27. The molecule has 0 bridgehead atoms. The van der Waals surface area contributed by atoms with Crippen LogP contribution in [0.2, 0.25) is 5.02 Å². The molecule has 1 aliphatic rings. The van der Waals surface area contributed by atoms with Gasteiger partial charge in [-0.2, -0.15) is 0 Å². The van der Waals surface area contributed by atoms with E-state index in [0.717, 1.165) is 5.56 Å². The number of fused-ring (bicyclic) bond motifs is 1. The smallest absolute Gasteiger partial charge is 0.258 e. The molecule has 0 atom stereocenters. The van der Waals surface area contributed by atoms with Gasteiger partial charge in [0.1, 0.15) is 19.8 Å². The van der Waals surface area contributed by atoms with E-state index in [1.54, 1.807) is 30.3 Å². The third kappa shape index (κ3) is 5.21. The predicted octanol–water partition coefficient (Wildman–Crippen LogP) is 3.98. The average Bonchev–Trinajstić information content (AvgIpc) is 2.66. The Hall–Kier alpha value is -2.73. The molecule has 0 radical (unpaired) electrons. The number of anilines is 1. The minimum absolute atomic E-state index is 0.135. The molecule has 2 amide bonds. The van der Waals surface area contributed by atoms with Gasteiger partial charge in [0.05, 0.1) is 0 Å². The summed E-state index contributed by atoms with van der Waals surface area (Å²) in [6.07, 6.45) is 0. The molecule has 1 heterocycles. The van der Waals surface area contributed by atoms with Crippen molar-refractivity contribution >= 4 is 29.1 Å². The van der Waals surface area contributed by atoms with Crippen LogP contribution >= 0.6 is 11.6 Å². The van der Waals surface area contributed by atoms with E-state index < -0.39 is 5.54 Å². The molecule has 0 fully saturated rings. The summed E-state index contributed by atoms with van der Waals surface area (Å²) in [6.45, 7) is 8.31. The SMILES string of the molecule is Cc1ccc(N(CC(=O)NC(C)(C)C)C(=O)c2ccc3c(c2)OCCO3)cc1Cl. The maximum atomic E-state index is 13.3. The average molecular weight is 417 g/mol. The molecule has 1 aliphatic heterocycles. The zero-order valence-corrected chi connectivity index (χ0v) is 17.8. The van der Waals surface area contributed by atoms with E-state index in [1.165, 1.54) is 4.90 Å². The fourth-order valence-corrected chi connectivity index (χ4v) is 3.14. The summed E-state index contributed by atoms with van der Waals surface area (Å²) in [5, 5.41) is 3.42. The molecule has 0 spiro atoms. The van der Waals surface area contributed by atoms with Gasteiger partial charge in [-0.1, -0.05) is 17.7 Å². The number of rotatable bonds is 4. The van der Waals surface area contributed by atoms with Gasteiger partial charge < -0.3 is 14.8 Å². The number of halogens is 1. The highest BCUT2D eigenvalue weighted by Crippen LogP contribution is 2.32. The quantitative estimate of drug-likeness (QED) is 0.818. The molecule has 0 aliphatic carbocycles. The second-order valence-electron chi connectivity index (χ2n) is 7.98. The predicted molar refractivity (Wildman–Crippen MR) is 113 cm³/mol. The first kappa shape index (κ1) is 21.0. The summed E-state index contributed by atoms with van der Waals surface area (Å²) in [5.41, 5.74) is 1.42. The summed E-state index contributed by atoms with van der Waals surface area (Å²) in [6, 6.07) is 10.3. The number of ether oxygens (including phenoxy) is 2. The number of hydrogen-bond acceptors (Lipinski definition) is 4. The summed E-state index contributed by atoms with van der Waals surface area (Å²) in [5.74, 6) is 0.525. The number of aryl methyl sites for hydroxylation is 1. The van der Waals surface area contributed by atoms with Crippen LogP contribution in [0.1, 0.15) is 36.7 Å². The Bertz CT molecular complexity index is 937. The van der Waals surface area contributed by atoms with Crippen molar-refractivity contribution in [2.75, 3.05) is 24.7 Å². The summed E-state index contributed by atoms with van der Waals surface area (Å²) in [4.78, 5) is 27.3. The molecular weight excluding hydrogens is 392 g/mol. The van der Waals surface area contributed by atoms with Crippen molar-refractivity contribution in [3.63, 3.8) is 0 Å². The standard InChI is InChI=1S/C22H25ClN2O4/c1-14-5-7-16(12-17(14)23)25(13-20(26)24-22(2,3)4)21(27)15-6-8-18-19(11-15)29-10-9-28-18/h5-8,11-12H,9-10,13H2,1-4H3,(H,24,26). The van der Waals surface area contributed by atoms with Crippen LogP contribution in [0.15, 0.2) is 36.4 Å². The van der Waals surface area contributed by atoms with Gasteiger partial charge in [-0.3, -0.25) is 14.5 Å². The molecule has 1 N–H and O–H groups in total. The van der Waals surface area contributed by atoms with Gasteiger partial charge >= 0.3 is 0 Å². The highest BCUT2D eigenvalue weighted by Gasteiger charge is 2.25. The van der Waals surface area contributed by atoms with E-state index in [2.05, 4.69) is 5.32 Å². The number of amides is 2. The van der Waals surface area contributed by atoms with Gasteiger partial charge in [0.25, 0.3) is 5.91 Å². The maximum Gasteiger partial charge on any atom is 0.258 e. The topological polar surface area (TPSA) is 67.9 Å². The maximum absolute atomic E-state index is 13.3. The fourth-order valence-electron chi connectivity index (χ4n) is 2.96. The van der Waals surface area contributed by atoms with Crippen LogP contribution in [0.4, 0.5) is 5.69 Å². The van der Waals surface area contributed by atoms with Crippen molar-refractivity contribution in [2.24, 2.45) is 0 Å². The lowest BCUT2D eigenvalue weighted by Crippen LogP contribution is -2.47. The van der Waals surface area contributed by atoms with E-state index in [4.69, 9.17) is 21.1 Å². The van der Waals surface area contributed by atoms with Crippen molar-refractivity contribution in [2.45, 2.75) is 33.2 Å². The van der Waals surface area contributed by atoms with Crippen molar-refractivity contribution < 1.29 is 19.1 Å². The second kappa shape index (κ2) is 8.33. The fraction of sp³-hybridized carbons (Fsp3) is 0.364.